The first-order valence-electron chi connectivity index (χ1n) is 6.65. The number of amides is 1. The van der Waals surface area contributed by atoms with Crippen LogP contribution in [0.1, 0.15) is 15.9 Å². The van der Waals surface area contributed by atoms with Crippen LogP contribution < -0.4 is 10.9 Å². The number of fused-ring (bicyclic) bond motifs is 1. The van der Waals surface area contributed by atoms with E-state index in [-0.39, 0.29) is 5.56 Å². The molecule has 1 N–H and O–H groups in total. The van der Waals surface area contributed by atoms with E-state index in [1.54, 1.807) is 36.4 Å². The molecule has 1 heterocycles. The van der Waals surface area contributed by atoms with E-state index in [1.807, 2.05) is 13.0 Å². The molecule has 4 nitrogen and oxygen atoms in total. The molecular weight excluding hydrogens is 302 g/mol. The minimum atomic E-state index is -0.670. The van der Waals surface area contributed by atoms with Gasteiger partial charge in [-0.3, -0.25) is 4.79 Å². The molecular formula is C17H12ClNO3. The fourth-order valence-electron chi connectivity index (χ4n) is 2.14. The monoisotopic (exact) mass is 313 g/mol. The van der Waals surface area contributed by atoms with Crippen LogP contribution in [0.25, 0.3) is 11.0 Å². The van der Waals surface area contributed by atoms with Gasteiger partial charge in [0.1, 0.15) is 11.1 Å². The van der Waals surface area contributed by atoms with E-state index in [9.17, 15) is 9.59 Å². The third-order valence-corrected chi connectivity index (χ3v) is 3.57. The third kappa shape index (κ3) is 2.73. The number of nitrogens with one attached hydrogen (secondary N) is 1. The van der Waals surface area contributed by atoms with Crippen LogP contribution >= 0.6 is 11.6 Å². The summed E-state index contributed by atoms with van der Waals surface area (Å²) in [6, 6.07) is 13.7. The Kier molecular flexibility index (Phi) is 3.69. The van der Waals surface area contributed by atoms with E-state index in [4.69, 9.17) is 16.0 Å². The maximum Gasteiger partial charge on any atom is 0.349 e. The van der Waals surface area contributed by atoms with Crippen molar-refractivity contribution in [3.05, 3.63) is 75.1 Å². The highest BCUT2D eigenvalue weighted by atomic mass is 35.5. The maximum atomic E-state index is 12.3. The van der Waals surface area contributed by atoms with Gasteiger partial charge >= 0.3 is 5.63 Å². The van der Waals surface area contributed by atoms with E-state index >= 15 is 0 Å². The average Bonchev–Trinajstić information content (AvgIpc) is 2.50. The molecule has 0 unspecified atom stereocenters. The van der Waals surface area contributed by atoms with Crippen molar-refractivity contribution < 1.29 is 9.21 Å². The Balaban J connectivity index is 2.00. The van der Waals surface area contributed by atoms with Crippen molar-refractivity contribution in [2.24, 2.45) is 0 Å². The van der Waals surface area contributed by atoms with Gasteiger partial charge in [-0.25, -0.2) is 4.79 Å². The highest BCUT2D eigenvalue weighted by Gasteiger charge is 2.14. The van der Waals surface area contributed by atoms with Gasteiger partial charge in [0.25, 0.3) is 5.91 Å². The van der Waals surface area contributed by atoms with Crippen molar-refractivity contribution in [1.29, 1.82) is 0 Å². The molecule has 0 atom stereocenters. The molecule has 1 amide bonds. The first-order chi connectivity index (χ1) is 10.5. The fraction of sp³-hybridized carbons (Fsp3) is 0.0588. The van der Waals surface area contributed by atoms with Crippen LogP contribution in [0.2, 0.25) is 5.02 Å². The highest BCUT2D eigenvalue weighted by Crippen LogP contribution is 2.21. The highest BCUT2D eigenvalue weighted by molar-refractivity contribution is 6.31. The second-order valence-corrected chi connectivity index (χ2v) is 5.34. The van der Waals surface area contributed by atoms with Crippen molar-refractivity contribution in [3.63, 3.8) is 0 Å². The molecule has 1 aromatic heterocycles. The quantitative estimate of drug-likeness (QED) is 0.727. The zero-order valence-corrected chi connectivity index (χ0v) is 12.5. The normalized spacial score (nSPS) is 10.6. The van der Waals surface area contributed by atoms with Gasteiger partial charge < -0.3 is 9.73 Å². The van der Waals surface area contributed by atoms with Crippen molar-refractivity contribution in [1.82, 2.24) is 0 Å². The smallest absolute Gasteiger partial charge is 0.349 e. The number of rotatable bonds is 2. The lowest BCUT2D eigenvalue weighted by Crippen LogP contribution is -2.21. The number of hydrogen-bond donors (Lipinski definition) is 1. The molecule has 22 heavy (non-hydrogen) atoms. The SMILES string of the molecule is Cc1ccc(Cl)cc1NC(=O)c1cc2ccccc2oc1=O. The molecule has 0 bridgehead atoms. The Morgan fingerprint density at radius 3 is 2.73 bits per heavy atom. The lowest BCUT2D eigenvalue weighted by molar-refractivity contribution is 0.102. The number of hydrogen-bond acceptors (Lipinski definition) is 3. The Morgan fingerprint density at radius 1 is 1.14 bits per heavy atom. The van der Waals surface area contributed by atoms with Crippen LogP contribution in [-0.2, 0) is 0 Å². The summed E-state index contributed by atoms with van der Waals surface area (Å²) in [5.41, 5.74) is 1.14. The average molecular weight is 314 g/mol. The van der Waals surface area contributed by atoms with Gasteiger partial charge in [-0.2, -0.15) is 0 Å². The van der Waals surface area contributed by atoms with Crippen LogP contribution in [0.15, 0.2) is 57.7 Å². The Morgan fingerprint density at radius 2 is 1.91 bits per heavy atom. The van der Waals surface area contributed by atoms with Gasteiger partial charge in [-0.05, 0) is 36.8 Å². The van der Waals surface area contributed by atoms with Gasteiger partial charge in [-0.15, -0.1) is 0 Å². The Labute approximate surface area is 131 Å². The van der Waals surface area contributed by atoms with Crippen LogP contribution in [0.4, 0.5) is 5.69 Å². The largest absolute Gasteiger partial charge is 0.422 e. The number of carbonyl (C=O) groups excluding carboxylic acids is 1. The van der Waals surface area contributed by atoms with Gasteiger partial charge in [0, 0.05) is 16.1 Å². The van der Waals surface area contributed by atoms with Crippen molar-refractivity contribution in [2.45, 2.75) is 6.92 Å². The predicted molar refractivity (Wildman–Crippen MR) is 86.6 cm³/mol. The number of benzene rings is 2. The summed E-state index contributed by atoms with van der Waals surface area (Å²) < 4.78 is 5.16. The predicted octanol–water partition coefficient (Wildman–Crippen LogP) is 4.01. The van der Waals surface area contributed by atoms with Gasteiger partial charge in [0.15, 0.2) is 0 Å². The van der Waals surface area contributed by atoms with Crippen molar-refractivity contribution >= 4 is 34.2 Å². The van der Waals surface area contributed by atoms with Gasteiger partial charge in [0.2, 0.25) is 0 Å². The lowest BCUT2D eigenvalue weighted by Gasteiger charge is -2.08. The fourth-order valence-corrected chi connectivity index (χ4v) is 2.31. The van der Waals surface area contributed by atoms with Gasteiger partial charge in [-0.1, -0.05) is 35.9 Å². The van der Waals surface area contributed by atoms with E-state index < -0.39 is 11.5 Å². The molecule has 0 aliphatic carbocycles. The maximum absolute atomic E-state index is 12.3. The molecule has 3 aromatic rings. The molecule has 0 aliphatic heterocycles. The molecule has 2 aromatic carbocycles. The summed E-state index contributed by atoms with van der Waals surface area (Å²) in [6.45, 7) is 1.84. The van der Waals surface area contributed by atoms with E-state index in [1.165, 1.54) is 6.07 Å². The van der Waals surface area contributed by atoms with E-state index in [0.29, 0.717) is 21.7 Å². The minimum Gasteiger partial charge on any atom is -0.422 e. The Hall–Kier alpha value is -2.59. The lowest BCUT2D eigenvalue weighted by atomic mass is 10.1. The molecule has 3 rings (SSSR count). The summed E-state index contributed by atoms with van der Waals surface area (Å²) in [7, 11) is 0. The third-order valence-electron chi connectivity index (χ3n) is 3.33. The summed E-state index contributed by atoms with van der Waals surface area (Å²) in [5.74, 6) is -0.523. The summed E-state index contributed by atoms with van der Waals surface area (Å²) in [6.07, 6.45) is 0. The minimum absolute atomic E-state index is 0.0434. The second kappa shape index (κ2) is 5.66. The number of anilines is 1. The molecule has 0 aliphatic rings. The zero-order valence-electron chi connectivity index (χ0n) is 11.7. The molecule has 110 valence electrons. The second-order valence-electron chi connectivity index (χ2n) is 4.90. The van der Waals surface area contributed by atoms with Gasteiger partial charge in [0.05, 0.1) is 0 Å². The molecule has 0 radical (unpaired) electrons. The molecule has 5 heteroatoms. The Bertz CT molecular complexity index is 931. The van der Waals surface area contributed by atoms with Crippen LogP contribution in [0.3, 0.4) is 0 Å². The van der Waals surface area contributed by atoms with E-state index in [0.717, 1.165) is 5.56 Å². The van der Waals surface area contributed by atoms with E-state index in [2.05, 4.69) is 5.32 Å². The summed E-state index contributed by atoms with van der Waals surface area (Å²) >= 11 is 5.92. The number of aryl methyl sites for hydroxylation is 1. The van der Waals surface area contributed by atoms with Crippen molar-refractivity contribution in [2.75, 3.05) is 5.32 Å². The molecule has 0 saturated heterocycles. The zero-order chi connectivity index (χ0) is 15.7. The molecule has 0 fully saturated rings. The molecule has 0 saturated carbocycles. The standard InChI is InChI=1S/C17H12ClNO3/c1-10-6-7-12(18)9-14(10)19-16(20)13-8-11-4-2-3-5-15(11)22-17(13)21/h2-9H,1H3,(H,19,20). The van der Waals surface area contributed by atoms with Crippen LogP contribution in [-0.4, -0.2) is 5.91 Å². The molecule has 0 spiro atoms. The summed E-state index contributed by atoms with van der Waals surface area (Å²) in [5, 5.41) is 3.89. The first kappa shape index (κ1) is 14.4. The number of carbonyl (C=O) groups is 1. The number of para-hydroxylation sites is 1. The summed E-state index contributed by atoms with van der Waals surface area (Å²) in [4.78, 5) is 24.3. The number of halogens is 1. The topological polar surface area (TPSA) is 59.3 Å². The van der Waals surface area contributed by atoms with Crippen LogP contribution in [0.5, 0.6) is 0 Å². The first-order valence-corrected chi connectivity index (χ1v) is 7.03. The van der Waals surface area contributed by atoms with Crippen molar-refractivity contribution in [3.8, 4) is 0 Å². The van der Waals surface area contributed by atoms with Crippen LogP contribution in [0, 0.1) is 6.92 Å².